The van der Waals surface area contributed by atoms with Gasteiger partial charge < -0.3 is 9.84 Å². The third-order valence-electron chi connectivity index (χ3n) is 6.55. The Morgan fingerprint density at radius 3 is 2.86 bits per heavy atom. The quantitative estimate of drug-likeness (QED) is 0.374. The number of piperidine rings is 1. The second kappa shape index (κ2) is 9.75. The molecule has 7 nitrogen and oxygen atoms in total. The van der Waals surface area contributed by atoms with Crippen LogP contribution in [-0.2, 0) is 0 Å². The molecule has 0 aliphatic carbocycles. The van der Waals surface area contributed by atoms with Crippen LogP contribution in [0, 0.1) is 18.6 Å². The number of hydrogen-bond acceptors (Lipinski definition) is 6. The molecular formula is C27H26F2N4O3. The minimum Gasteiger partial charge on any atom is -0.480 e. The lowest BCUT2D eigenvalue weighted by Gasteiger charge is -2.41. The van der Waals surface area contributed by atoms with E-state index in [0.29, 0.717) is 24.9 Å². The lowest BCUT2D eigenvalue weighted by Crippen LogP contribution is -2.55. The molecule has 9 heteroatoms. The average Bonchev–Trinajstić information content (AvgIpc) is 3.30. The summed E-state index contributed by atoms with van der Waals surface area (Å²) in [6, 6.07) is 12.2. The van der Waals surface area contributed by atoms with Gasteiger partial charge in [-0.25, -0.2) is 8.78 Å². The van der Waals surface area contributed by atoms with Crippen molar-refractivity contribution in [3.63, 3.8) is 0 Å². The molecule has 0 spiro atoms. The van der Waals surface area contributed by atoms with Crippen molar-refractivity contribution >= 4 is 16.7 Å². The molecule has 1 fully saturated rings. The van der Waals surface area contributed by atoms with Gasteiger partial charge in [-0.15, -0.1) is 0 Å². The van der Waals surface area contributed by atoms with Crippen molar-refractivity contribution in [1.82, 2.24) is 20.1 Å². The summed E-state index contributed by atoms with van der Waals surface area (Å²) in [5, 5.41) is 18.4. The lowest BCUT2D eigenvalue weighted by atomic mass is 9.92. The normalized spacial score (nSPS) is 18.4. The Bertz CT molecular complexity index is 1420. The predicted octanol–water partition coefficient (Wildman–Crippen LogP) is 4.30. The van der Waals surface area contributed by atoms with Crippen molar-refractivity contribution in [3.8, 4) is 17.0 Å². The number of nitrogens with zero attached hydrogens (tertiary/aromatic N) is 3. The maximum Gasteiger partial charge on any atom is 0.176 e. The highest BCUT2D eigenvalue weighted by Crippen LogP contribution is 2.31. The van der Waals surface area contributed by atoms with Gasteiger partial charge in [-0.3, -0.25) is 19.8 Å². The Balaban J connectivity index is 1.35. The molecular weight excluding hydrogens is 466 g/mol. The van der Waals surface area contributed by atoms with Gasteiger partial charge in [0.25, 0.3) is 0 Å². The number of ketones is 1. The molecule has 3 heterocycles. The van der Waals surface area contributed by atoms with Crippen LogP contribution in [0.2, 0.25) is 0 Å². The number of nitrogens with one attached hydrogen (secondary N) is 1. The highest BCUT2D eigenvalue weighted by molar-refractivity contribution is 6.03. The summed E-state index contributed by atoms with van der Waals surface area (Å²) in [5.74, 6) is -1.67. The van der Waals surface area contributed by atoms with Crippen LogP contribution in [0.4, 0.5) is 8.78 Å². The van der Waals surface area contributed by atoms with Gasteiger partial charge in [0.15, 0.2) is 17.3 Å². The Kier molecular flexibility index (Phi) is 6.51. The fourth-order valence-electron chi connectivity index (χ4n) is 4.75. The zero-order valence-electron chi connectivity index (χ0n) is 19.8. The molecule has 1 saturated heterocycles. The molecule has 186 valence electrons. The van der Waals surface area contributed by atoms with Crippen LogP contribution in [0.25, 0.3) is 22.2 Å². The van der Waals surface area contributed by atoms with Crippen LogP contribution < -0.4 is 4.74 Å². The molecule has 2 N–H and O–H groups in total. The molecule has 2 aromatic heterocycles. The number of aliphatic hydroxyl groups is 1. The third-order valence-corrected chi connectivity index (χ3v) is 6.55. The second-order valence-corrected chi connectivity index (χ2v) is 9.27. The Morgan fingerprint density at radius 1 is 1.19 bits per heavy atom. The number of Topliss-reactive ketones (excluding diaryl/α,β-unsaturated/α-hetero) is 1. The minimum atomic E-state index is -1.13. The number of aromatic amines is 1. The number of pyridine rings is 1. The number of carbonyl (C=O) groups excluding carboxylic acids is 1. The number of fused-ring (bicyclic) bond motifs is 1. The molecule has 2 aromatic carbocycles. The van der Waals surface area contributed by atoms with Gasteiger partial charge in [0.2, 0.25) is 0 Å². The average molecular weight is 493 g/mol. The Morgan fingerprint density at radius 2 is 2.06 bits per heavy atom. The number of halogens is 2. The summed E-state index contributed by atoms with van der Waals surface area (Å²) in [6.07, 6.45) is 2.82. The molecule has 1 unspecified atom stereocenters. The van der Waals surface area contributed by atoms with E-state index < -0.39 is 17.2 Å². The molecule has 36 heavy (non-hydrogen) atoms. The van der Waals surface area contributed by atoms with Crippen LogP contribution in [-0.4, -0.2) is 62.8 Å². The molecule has 1 aliphatic rings. The Hall–Kier alpha value is -3.69. The van der Waals surface area contributed by atoms with Crippen LogP contribution >= 0.6 is 0 Å². The van der Waals surface area contributed by atoms with Crippen LogP contribution in [0.1, 0.15) is 28.9 Å². The fourth-order valence-corrected chi connectivity index (χ4v) is 4.75. The summed E-state index contributed by atoms with van der Waals surface area (Å²) in [5.41, 5.74) is 2.74. The number of carbonyl (C=O) groups is 1. The summed E-state index contributed by atoms with van der Waals surface area (Å²) in [7, 11) is 0. The summed E-state index contributed by atoms with van der Waals surface area (Å²) in [4.78, 5) is 19.4. The lowest BCUT2D eigenvalue weighted by molar-refractivity contribution is -0.0473. The molecule has 1 aliphatic heterocycles. The highest BCUT2D eigenvalue weighted by atomic mass is 19.1. The number of ether oxygens (including phenoxy) is 1. The highest BCUT2D eigenvalue weighted by Gasteiger charge is 2.38. The van der Waals surface area contributed by atoms with E-state index in [1.54, 1.807) is 12.3 Å². The van der Waals surface area contributed by atoms with Crippen molar-refractivity contribution in [1.29, 1.82) is 0 Å². The zero-order valence-corrected chi connectivity index (χ0v) is 19.8. The monoisotopic (exact) mass is 492 g/mol. The maximum absolute atomic E-state index is 14.2. The van der Waals surface area contributed by atoms with E-state index in [0.717, 1.165) is 46.1 Å². The van der Waals surface area contributed by atoms with Gasteiger partial charge in [0.1, 0.15) is 17.1 Å². The zero-order chi connectivity index (χ0) is 25.3. The van der Waals surface area contributed by atoms with Gasteiger partial charge in [-0.1, -0.05) is 0 Å². The first-order valence-electron chi connectivity index (χ1n) is 11.8. The van der Waals surface area contributed by atoms with Crippen molar-refractivity contribution in [3.05, 3.63) is 77.6 Å². The molecule has 0 bridgehead atoms. The van der Waals surface area contributed by atoms with E-state index >= 15 is 0 Å². The van der Waals surface area contributed by atoms with E-state index in [9.17, 15) is 18.7 Å². The number of aromatic nitrogens is 3. The van der Waals surface area contributed by atoms with Crippen LogP contribution in [0.3, 0.4) is 0 Å². The van der Waals surface area contributed by atoms with Crippen LogP contribution in [0.5, 0.6) is 5.75 Å². The molecule has 5 rings (SSSR count). The Labute approximate surface area is 206 Å². The smallest absolute Gasteiger partial charge is 0.176 e. The molecule has 0 saturated carbocycles. The van der Waals surface area contributed by atoms with Crippen LogP contribution in [0.15, 0.2) is 54.7 Å². The number of aryl methyl sites for hydroxylation is 1. The molecule has 0 amide bonds. The SMILES string of the molecule is Cc1cc(-c2n[nH]c3ccc(C(=O)CN4CCCC(CO)(Oc5cc(F)ccc5F)C4)cc23)ccn1. The molecule has 1 atom stereocenters. The standard InChI is InChI=1S/C27H26F2N4O3/c1-17-11-19(7-9-30-17)26-21-12-18(3-6-23(21)31-32-26)24(35)14-33-10-2-8-27(15-33,16-34)36-25-13-20(28)4-5-22(25)29/h3-7,9,11-13,34H,2,8,10,14-16H2,1H3,(H,31,32). The topological polar surface area (TPSA) is 91.3 Å². The summed E-state index contributed by atoms with van der Waals surface area (Å²) < 4.78 is 33.6. The van der Waals surface area contributed by atoms with E-state index in [1.807, 2.05) is 36.1 Å². The first-order chi connectivity index (χ1) is 17.4. The maximum atomic E-state index is 14.2. The predicted molar refractivity (Wildman–Crippen MR) is 131 cm³/mol. The molecule has 0 radical (unpaired) electrons. The number of aliphatic hydroxyl groups excluding tert-OH is 1. The summed E-state index contributed by atoms with van der Waals surface area (Å²) >= 11 is 0. The fraction of sp³-hybridized carbons (Fsp3) is 0.296. The second-order valence-electron chi connectivity index (χ2n) is 9.27. The van der Waals surface area contributed by atoms with E-state index in [1.165, 1.54) is 0 Å². The van der Waals surface area contributed by atoms with E-state index in [-0.39, 0.29) is 31.2 Å². The van der Waals surface area contributed by atoms with Crippen molar-refractivity contribution in [2.24, 2.45) is 0 Å². The van der Waals surface area contributed by atoms with Crippen molar-refractivity contribution in [2.75, 3.05) is 26.2 Å². The summed E-state index contributed by atoms with van der Waals surface area (Å²) in [6.45, 7) is 2.45. The van der Waals surface area contributed by atoms with E-state index in [4.69, 9.17) is 4.74 Å². The first-order valence-corrected chi connectivity index (χ1v) is 11.8. The number of H-pyrrole nitrogens is 1. The largest absolute Gasteiger partial charge is 0.480 e. The number of likely N-dealkylation sites (tertiary alicyclic amines) is 1. The van der Waals surface area contributed by atoms with Crippen molar-refractivity contribution < 1.29 is 23.4 Å². The van der Waals surface area contributed by atoms with Gasteiger partial charge in [0, 0.05) is 41.0 Å². The van der Waals surface area contributed by atoms with Gasteiger partial charge in [-0.2, -0.15) is 5.10 Å². The molecule has 4 aromatic rings. The number of benzene rings is 2. The van der Waals surface area contributed by atoms with Gasteiger partial charge in [-0.05, 0) is 68.8 Å². The number of rotatable bonds is 7. The van der Waals surface area contributed by atoms with Crippen molar-refractivity contribution in [2.45, 2.75) is 25.4 Å². The van der Waals surface area contributed by atoms with E-state index in [2.05, 4.69) is 15.2 Å². The first kappa shape index (κ1) is 24.0. The number of hydrogen-bond donors (Lipinski definition) is 2. The van der Waals surface area contributed by atoms with Gasteiger partial charge >= 0.3 is 0 Å². The third kappa shape index (κ3) is 4.84. The van der Waals surface area contributed by atoms with Gasteiger partial charge in [0.05, 0.1) is 18.7 Å². The minimum absolute atomic E-state index is 0.0966.